The molecule has 2 heterocycles. The van der Waals surface area contributed by atoms with Gasteiger partial charge in [-0.3, -0.25) is 4.79 Å². The van der Waals surface area contributed by atoms with Crippen LogP contribution in [0.3, 0.4) is 0 Å². The zero-order chi connectivity index (χ0) is 20.1. The van der Waals surface area contributed by atoms with Crippen molar-refractivity contribution in [2.75, 3.05) is 0 Å². The minimum atomic E-state index is -0.300. The molecule has 2 aromatic carbocycles. The number of nitrogens with zero attached hydrogens (tertiary/aromatic N) is 4. The van der Waals surface area contributed by atoms with Crippen molar-refractivity contribution in [3.63, 3.8) is 0 Å². The van der Waals surface area contributed by atoms with Crippen molar-refractivity contribution in [2.45, 2.75) is 13.1 Å². The van der Waals surface area contributed by atoms with Gasteiger partial charge in [0.1, 0.15) is 12.1 Å². The van der Waals surface area contributed by atoms with Crippen LogP contribution in [0.5, 0.6) is 0 Å². The molecule has 1 amide bonds. The van der Waals surface area contributed by atoms with Crippen LogP contribution in [-0.2, 0) is 13.1 Å². The van der Waals surface area contributed by atoms with Crippen molar-refractivity contribution in [3.05, 3.63) is 102 Å². The highest BCUT2D eigenvalue weighted by molar-refractivity contribution is 5.94. The summed E-state index contributed by atoms with van der Waals surface area (Å²) in [5.74, 6) is -0.479. The van der Waals surface area contributed by atoms with Crippen LogP contribution in [0.15, 0.2) is 79.6 Å². The van der Waals surface area contributed by atoms with Gasteiger partial charge in [0.25, 0.3) is 5.91 Å². The van der Waals surface area contributed by atoms with Gasteiger partial charge in [-0.1, -0.05) is 12.1 Å². The van der Waals surface area contributed by atoms with E-state index >= 15 is 0 Å². The molecule has 1 N–H and O–H groups in total. The van der Waals surface area contributed by atoms with Crippen LogP contribution >= 0.6 is 0 Å². The Bertz CT molecular complexity index is 1090. The maximum Gasteiger partial charge on any atom is 0.251 e. The van der Waals surface area contributed by atoms with E-state index in [2.05, 4.69) is 20.3 Å². The molecule has 29 heavy (non-hydrogen) atoms. The van der Waals surface area contributed by atoms with Gasteiger partial charge in [0.15, 0.2) is 0 Å². The number of carbonyl (C=O) groups is 1. The molecular weight excluding hydrogens is 369 g/mol. The molecule has 0 aliphatic heterocycles. The van der Waals surface area contributed by atoms with E-state index in [0.29, 0.717) is 23.5 Å². The molecule has 0 radical (unpaired) electrons. The molecule has 0 fully saturated rings. The summed E-state index contributed by atoms with van der Waals surface area (Å²) in [5.41, 5.74) is 3.79. The molecule has 4 aromatic rings. The van der Waals surface area contributed by atoms with Crippen LogP contribution in [0.1, 0.15) is 21.6 Å². The molecule has 4 rings (SSSR count). The molecular formula is C22H18FN5O. The van der Waals surface area contributed by atoms with Crippen LogP contribution in [0.2, 0.25) is 0 Å². The first kappa shape index (κ1) is 18.5. The topological polar surface area (TPSA) is 72.7 Å². The van der Waals surface area contributed by atoms with Gasteiger partial charge >= 0.3 is 0 Å². The van der Waals surface area contributed by atoms with Crippen molar-refractivity contribution < 1.29 is 9.18 Å². The molecule has 0 aliphatic carbocycles. The van der Waals surface area contributed by atoms with Crippen LogP contribution in [0.25, 0.3) is 11.3 Å². The second-order valence-electron chi connectivity index (χ2n) is 6.52. The van der Waals surface area contributed by atoms with Crippen LogP contribution in [-0.4, -0.2) is 25.4 Å². The molecule has 0 saturated heterocycles. The fourth-order valence-corrected chi connectivity index (χ4v) is 2.90. The number of halogens is 1. The maximum absolute atomic E-state index is 13.1. The minimum Gasteiger partial charge on any atom is -0.346 e. The Morgan fingerprint density at radius 1 is 1.03 bits per heavy atom. The normalized spacial score (nSPS) is 10.7. The van der Waals surface area contributed by atoms with E-state index in [9.17, 15) is 9.18 Å². The summed E-state index contributed by atoms with van der Waals surface area (Å²) >= 11 is 0. The Hall–Kier alpha value is -3.87. The first-order chi connectivity index (χ1) is 14.2. The Balaban J connectivity index is 1.38. The van der Waals surface area contributed by atoms with E-state index in [0.717, 1.165) is 11.1 Å². The summed E-state index contributed by atoms with van der Waals surface area (Å²) in [6, 6.07) is 15.3. The molecule has 0 aliphatic rings. The summed E-state index contributed by atoms with van der Waals surface area (Å²) in [7, 11) is 0. The van der Waals surface area contributed by atoms with E-state index < -0.39 is 0 Å². The standard InChI is InChI=1S/C22H18FN5O/c23-19-7-5-17(6-8-19)21-11-20(26-14-27-21)12-25-22(29)18-3-1-16(2-4-18)13-28-10-9-24-15-28/h1-11,14-15H,12-13H2,(H,25,29). The molecule has 6 nitrogen and oxygen atoms in total. The lowest BCUT2D eigenvalue weighted by atomic mass is 10.1. The molecule has 0 atom stereocenters. The summed E-state index contributed by atoms with van der Waals surface area (Å²) in [5, 5.41) is 2.86. The number of nitrogens with one attached hydrogen (secondary N) is 1. The molecule has 0 spiro atoms. The number of amides is 1. The number of imidazole rings is 1. The van der Waals surface area contributed by atoms with Gasteiger partial charge in [-0.15, -0.1) is 0 Å². The van der Waals surface area contributed by atoms with Gasteiger partial charge in [-0.05, 0) is 48.0 Å². The monoisotopic (exact) mass is 387 g/mol. The number of hydrogen-bond donors (Lipinski definition) is 1. The van der Waals surface area contributed by atoms with Gasteiger partial charge in [0.05, 0.1) is 24.3 Å². The number of aromatic nitrogens is 4. The third kappa shape index (κ3) is 4.70. The molecule has 0 saturated carbocycles. The lowest BCUT2D eigenvalue weighted by molar-refractivity contribution is 0.0950. The van der Waals surface area contributed by atoms with Gasteiger partial charge in [0, 0.05) is 30.1 Å². The second-order valence-corrected chi connectivity index (χ2v) is 6.52. The highest BCUT2D eigenvalue weighted by Crippen LogP contribution is 2.17. The first-order valence-electron chi connectivity index (χ1n) is 9.07. The highest BCUT2D eigenvalue weighted by atomic mass is 19.1. The fourth-order valence-electron chi connectivity index (χ4n) is 2.90. The molecule has 0 bridgehead atoms. The second kappa shape index (κ2) is 8.43. The third-order valence-corrected chi connectivity index (χ3v) is 4.43. The fraction of sp³-hybridized carbons (Fsp3) is 0.0909. The predicted molar refractivity (Wildman–Crippen MR) is 106 cm³/mol. The number of benzene rings is 2. The lowest BCUT2D eigenvalue weighted by Crippen LogP contribution is -2.23. The molecule has 2 aromatic heterocycles. The number of rotatable bonds is 6. The van der Waals surface area contributed by atoms with Crippen molar-refractivity contribution in [1.82, 2.24) is 24.8 Å². The van der Waals surface area contributed by atoms with Crippen molar-refractivity contribution >= 4 is 5.91 Å². The zero-order valence-corrected chi connectivity index (χ0v) is 15.5. The lowest BCUT2D eigenvalue weighted by Gasteiger charge is -2.08. The maximum atomic E-state index is 13.1. The van der Waals surface area contributed by atoms with E-state index in [1.807, 2.05) is 22.9 Å². The summed E-state index contributed by atoms with van der Waals surface area (Å²) in [4.78, 5) is 24.9. The molecule has 7 heteroatoms. The van der Waals surface area contributed by atoms with Crippen molar-refractivity contribution in [3.8, 4) is 11.3 Å². The van der Waals surface area contributed by atoms with E-state index in [-0.39, 0.29) is 18.3 Å². The van der Waals surface area contributed by atoms with E-state index in [1.54, 1.807) is 42.9 Å². The van der Waals surface area contributed by atoms with Gasteiger partial charge in [-0.25, -0.2) is 19.3 Å². The van der Waals surface area contributed by atoms with E-state index in [1.165, 1.54) is 18.5 Å². The Morgan fingerprint density at radius 2 is 1.83 bits per heavy atom. The van der Waals surface area contributed by atoms with Crippen LogP contribution < -0.4 is 5.32 Å². The first-order valence-corrected chi connectivity index (χ1v) is 9.07. The predicted octanol–water partition coefficient (Wildman–Crippen LogP) is 3.46. The Labute approximate surface area is 167 Å². The van der Waals surface area contributed by atoms with Crippen LogP contribution in [0.4, 0.5) is 4.39 Å². The molecule has 144 valence electrons. The smallest absolute Gasteiger partial charge is 0.251 e. The zero-order valence-electron chi connectivity index (χ0n) is 15.5. The van der Waals surface area contributed by atoms with Gasteiger partial charge in [0.2, 0.25) is 0 Å². The van der Waals surface area contributed by atoms with Gasteiger partial charge < -0.3 is 9.88 Å². The van der Waals surface area contributed by atoms with Crippen LogP contribution in [0, 0.1) is 5.82 Å². The highest BCUT2D eigenvalue weighted by Gasteiger charge is 2.08. The average Bonchev–Trinajstić information content (AvgIpc) is 3.26. The third-order valence-electron chi connectivity index (χ3n) is 4.43. The van der Waals surface area contributed by atoms with Crippen molar-refractivity contribution in [1.29, 1.82) is 0 Å². The largest absolute Gasteiger partial charge is 0.346 e. The number of hydrogen-bond acceptors (Lipinski definition) is 4. The van der Waals surface area contributed by atoms with Crippen molar-refractivity contribution in [2.24, 2.45) is 0 Å². The average molecular weight is 387 g/mol. The number of carbonyl (C=O) groups excluding carboxylic acids is 1. The summed E-state index contributed by atoms with van der Waals surface area (Å²) < 4.78 is 15.0. The minimum absolute atomic E-state index is 0.180. The van der Waals surface area contributed by atoms with Gasteiger partial charge in [-0.2, -0.15) is 0 Å². The Kier molecular flexibility index (Phi) is 5.38. The SMILES string of the molecule is O=C(NCc1cc(-c2ccc(F)cc2)ncn1)c1ccc(Cn2ccnc2)cc1. The Morgan fingerprint density at radius 3 is 2.55 bits per heavy atom. The molecule has 0 unspecified atom stereocenters. The van der Waals surface area contributed by atoms with E-state index in [4.69, 9.17) is 0 Å². The quantitative estimate of drug-likeness (QED) is 0.550. The summed E-state index contributed by atoms with van der Waals surface area (Å²) in [6.07, 6.45) is 6.81. The summed E-state index contributed by atoms with van der Waals surface area (Å²) in [6.45, 7) is 0.974.